The van der Waals surface area contributed by atoms with E-state index in [1.807, 2.05) is 0 Å². The number of carboxylic acid groups (broad SMARTS) is 1. The van der Waals surface area contributed by atoms with Gasteiger partial charge in [0.1, 0.15) is 17.1 Å². The summed E-state index contributed by atoms with van der Waals surface area (Å²) in [6, 6.07) is 8.01. The van der Waals surface area contributed by atoms with E-state index in [0.29, 0.717) is 11.1 Å². The zero-order chi connectivity index (χ0) is 12.4. The lowest BCUT2D eigenvalue weighted by molar-refractivity contribution is 0.0697. The van der Waals surface area contributed by atoms with Crippen molar-refractivity contribution in [1.82, 2.24) is 4.98 Å². The molecule has 2 rings (SSSR count). The van der Waals surface area contributed by atoms with Gasteiger partial charge in [-0.15, -0.1) is 0 Å². The number of carboxylic acids is 1. The van der Waals surface area contributed by atoms with Gasteiger partial charge in [-0.3, -0.25) is 0 Å². The van der Waals surface area contributed by atoms with Gasteiger partial charge in [-0.1, -0.05) is 18.2 Å². The molecule has 0 aliphatic heterocycles. The second-order valence-corrected chi connectivity index (χ2v) is 3.48. The third kappa shape index (κ3) is 2.03. The monoisotopic (exact) mass is 230 g/mol. The largest absolute Gasteiger partial charge is 0.507 e. The standard InChI is InChI=1S/C12H10N2O3/c13-11-9(12(16)17)5-7(6-14-11)8-3-1-2-4-10(8)15/h1-6,15H,(H2,13,14)(H,16,17). The number of hydrogen-bond acceptors (Lipinski definition) is 4. The molecule has 1 aromatic heterocycles. The van der Waals surface area contributed by atoms with Crippen molar-refractivity contribution in [3.8, 4) is 16.9 Å². The van der Waals surface area contributed by atoms with Crippen molar-refractivity contribution >= 4 is 11.8 Å². The summed E-state index contributed by atoms with van der Waals surface area (Å²) in [4.78, 5) is 14.7. The van der Waals surface area contributed by atoms with E-state index in [-0.39, 0.29) is 17.1 Å². The Labute approximate surface area is 97.2 Å². The van der Waals surface area contributed by atoms with E-state index in [1.165, 1.54) is 18.3 Å². The summed E-state index contributed by atoms with van der Waals surface area (Å²) in [5.74, 6) is -1.13. The quantitative estimate of drug-likeness (QED) is 0.730. The normalized spacial score (nSPS) is 10.1. The molecular weight excluding hydrogens is 220 g/mol. The van der Waals surface area contributed by atoms with Gasteiger partial charge in [0, 0.05) is 17.3 Å². The van der Waals surface area contributed by atoms with Gasteiger partial charge >= 0.3 is 5.97 Å². The minimum Gasteiger partial charge on any atom is -0.507 e. The first-order valence-corrected chi connectivity index (χ1v) is 4.87. The van der Waals surface area contributed by atoms with E-state index in [0.717, 1.165) is 0 Å². The molecule has 0 aliphatic carbocycles. The van der Waals surface area contributed by atoms with Crippen LogP contribution < -0.4 is 5.73 Å². The van der Waals surface area contributed by atoms with Crippen LogP contribution in [0.2, 0.25) is 0 Å². The highest BCUT2D eigenvalue weighted by atomic mass is 16.4. The third-order valence-corrected chi connectivity index (χ3v) is 2.36. The Kier molecular flexibility index (Phi) is 2.66. The molecule has 0 saturated carbocycles. The van der Waals surface area contributed by atoms with Gasteiger partial charge in [0.25, 0.3) is 0 Å². The first-order valence-electron chi connectivity index (χ1n) is 4.87. The van der Waals surface area contributed by atoms with E-state index in [2.05, 4.69) is 4.98 Å². The van der Waals surface area contributed by atoms with Crippen LogP contribution in [-0.2, 0) is 0 Å². The highest BCUT2D eigenvalue weighted by Crippen LogP contribution is 2.29. The van der Waals surface area contributed by atoms with Crippen molar-refractivity contribution in [3.05, 3.63) is 42.1 Å². The van der Waals surface area contributed by atoms with E-state index in [4.69, 9.17) is 10.8 Å². The maximum Gasteiger partial charge on any atom is 0.339 e. The fourth-order valence-electron chi connectivity index (χ4n) is 1.51. The Balaban J connectivity index is 2.58. The number of aromatic hydroxyl groups is 1. The molecule has 5 heteroatoms. The molecule has 0 amide bonds. The number of para-hydroxylation sites is 1. The van der Waals surface area contributed by atoms with Crippen LogP contribution in [0.4, 0.5) is 5.82 Å². The van der Waals surface area contributed by atoms with Gasteiger partial charge < -0.3 is 15.9 Å². The molecule has 4 N–H and O–H groups in total. The zero-order valence-electron chi connectivity index (χ0n) is 8.79. The number of nitrogens with two attached hydrogens (primary N) is 1. The Morgan fingerprint density at radius 3 is 2.65 bits per heavy atom. The lowest BCUT2D eigenvalue weighted by Crippen LogP contribution is -2.04. The van der Waals surface area contributed by atoms with Gasteiger partial charge in [0.15, 0.2) is 0 Å². The van der Waals surface area contributed by atoms with Crippen molar-refractivity contribution in [2.75, 3.05) is 5.73 Å². The van der Waals surface area contributed by atoms with Crippen LogP contribution in [-0.4, -0.2) is 21.2 Å². The SMILES string of the molecule is Nc1ncc(-c2ccccc2O)cc1C(=O)O. The fraction of sp³-hybridized carbons (Fsp3) is 0. The number of phenolic OH excluding ortho intramolecular Hbond substituents is 1. The predicted octanol–water partition coefficient (Wildman–Crippen LogP) is 1.73. The molecule has 5 nitrogen and oxygen atoms in total. The fourth-order valence-corrected chi connectivity index (χ4v) is 1.51. The van der Waals surface area contributed by atoms with Crippen LogP contribution in [0.1, 0.15) is 10.4 Å². The van der Waals surface area contributed by atoms with Gasteiger partial charge in [-0.05, 0) is 12.1 Å². The van der Waals surface area contributed by atoms with Crippen LogP contribution >= 0.6 is 0 Å². The first-order chi connectivity index (χ1) is 8.09. The lowest BCUT2D eigenvalue weighted by Gasteiger charge is -2.06. The topological polar surface area (TPSA) is 96.4 Å². The summed E-state index contributed by atoms with van der Waals surface area (Å²) in [5.41, 5.74) is 6.40. The maximum absolute atomic E-state index is 10.9. The molecule has 0 bridgehead atoms. The third-order valence-electron chi connectivity index (χ3n) is 2.36. The molecule has 0 spiro atoms. The summed E-state index contributed by atoms with van der Waals surface area (Å²) < 4.78 is 0. The predicted molar refractivity (Wildman–Crippen MR) is 62.7 cm³/mol. The van der Waals surface area contributed by atoms with Crippen LogP contribution in [0.3, 0.4) is 0 Å². The first kappa shape index (κ1) is 10.9. The molecule has 0 fully saturated rings. The number of pyridine rings is 1. The maximum atomic E-state index is 10.9. The molecule has 0 atom stereocenters. The Hall–Kier alpha value is -2.56. The Morgan fingerprint density at radius 2 is 2.00 bits per heavy atom. The molecule has 2 aromatic rings. The Morgan fingerprint density at radius 1 is 1.29 bits per heavy atom. The molecule has 0 radical (unpaired) electrons. The van der Waals surface area contributed by atoms with Crippen LogP contribution in [0.5, 0.6) is 5.75 Å². The average molecular weight is 230 g/mol. The van der Waals surface area contributed by atoms with Crippen molar-refractivity contribution in [3.63, 3.8) is 0 Å². The number of phenols is 1. The number of hydrogen-bond donors (Lipinski definition) is 3. The van der Waals surface area contributed by atoms with Gasteiger partial charge in [-0.25, -0.2) is 9.78 Å². The van der Waals surface area contributed by atoms with Crippen molar-refractivity contribution in [2.24, 2.45) is 0 Å². The van der Waals surface area contributed by atoms with Crippen molar-refractivity contribution in [1.29, 1.82) is 0 Å². The molecule has 17 heavy (non-hydrogen) atoms. The minimum absolute atomic E-state index is 0.0447. The second-order valence-electron chi connectivity index (χ2n) is 3.48. The second kappa shape index (κ2) is 4.13. The molecular formula is C12H10N2O3. The van der Waals surface area contributed by atoms with Gasteiger partial charge in [0.05, 0.1) is 0 Å². The number of aromatic carboxylic acids is 1. The number of aromatic nitrogens is 1. The van der Waals surface area contributed by atoms with Gasteiger partial charge in [-0.2, -0.15) is 0 Å². The van der Waals surface area contributed by atoms with E-state index in [9.17, 15) is 9.90 Å². The molecule has 1 heterocycles. The summed E-state index contributed by atoms with van der Waals surface area (Å²) in [5, 5.41) is 18.6. The molecule has 86 valence electrons. The van der Waals surface area contributed by atoms with Crippen molar-refractivity contribution < 1.29 is 15.0 Å². The summed E-state index contributed by atoms with van der Waals surface area (Å²) >= 11 is 0. The summed E-state index contributed by atoms with van der Waals surface area (Å²) in [6.45, 7) is 0. The number of anilines is 1. The van der Waals surface area contributed by atoms with Crippen LogP contribution in [0, 0.1) is 0 Å². The number of nitrogen functional groups attached to an aromatic ring is 1. The molecule has 0 aliphatic rings. The minimum atomic E-state index is -1.15. The highest BCUT2D eigenvalue weighted by Gasteiger charge is 2.12. The number of carbonyl (C=O) groups is 1. The lowest BCUT2D eigenvalue weighted by atomic mass is 10.0. The number of benzene rings is 1. The molecule has 0 saturated heterocycles. The van der Waals surface area contributed by atoms with E-state index >= 15 is 0 Å². The average Bonchev–Trinajstić information content (AvgIpc) is 2.30. The van der Waals surface area contributed by atoms with Crippen LogP contribution in [0.25, 0.3) is 11.1 Å². The zero-order valence-corrected chi connectivity index (χ0v) is 8.79. The molecule has 1 aromatic carbocycles. The van der Waals surface area contributed by atoms with Crippen molar-refractivity contribution in [2.45, 2.75) is 0 Å². The smallest absolute Gasteiger partial charge is 0.339 e. The number of nitrogens with zero attached hydrogens (tertiary/aromatic N) is 1. The highest BCUT2D eigenvalue weighted by molar-refractivity contribution is 5.94. The van der Waals surface area contributed by atoms with E-state index < -0.39 is 5.97 Å². The van der Waals surface area contributed by atoms with E-state index in [1.54, 1.807) is 18.2 Å². The van der Waals surface area contributed by atoms with Gasteiger partial charge in [0.2, 0.25) is 0 Å². The summed E-state index contributed by atoms with van der Waals surface area (Å²) in [7, 11) is 0. The summed E-state index contributed by atoms with van der Waals surface area (Å²) in [6.07, 6.45) is 1.43. The Bertz CT molecular complexity index is 582. The molecule has 0 unspecified atom stereocenters. The van der Waals surface area contributed by atoms with Crippen LogP contribution in [0.15, 0.2) is 36.5 Å². The number of rotatable bonds is 2.